The zero-order valence-corrected chi connectivity index (χ0v) is 9.89. The number of aliphatic hydroxyl groups excluding tert-OH is 1. The predicted octanol–water partition coefficient (Wildman–Crippen LogP) is 2.62. The summed E-state index contributed by atoms with van der Waals surface area (Å²) >= 11 is 0. The summed E-state index contributed by atoms with van der Waals surface area (Å²) in [6.07, 6.45) is 3.43. The van der Waals surface area contributed by atoms with Crippen LogP contribution in [0.2, 0.25) is 0 Å². The van der Waals surface area contributed by atoms with Crippen LogP contribution in [0.4, 0.5) is 0 Å². The molecule has 3 nitrogen and oxygen atoms in total. The van der Waals surface area contributed by atoms with Crippen molar-refractivity contribution in [2.45, 2.75) is 26.1 Å². The number of aliphatic hydroxyl groups is 1. The van der Waals surface area contributed by atoms with Gasteiger partial charge in [0.15, 0.2) is 0 Å². The molecule has 1 aromatic heterocycles. The molecule has 1 unspecified atom stereocenters. The Bertz CT molecular complexity index is 451. The maximum atomic E-state index is 9.06. The van der Waals surface area contributed by atoms with Crippen LogP contribution >= 0.6 is 0 Å². The molecule has 0 spiro atoms. The summed E-state index contributed by atoms with van der Waals surface area (Å²) < 4.78 is 5.05. The van der Waals surface area contributed by atoms with Gasteiger partial charge in [-0.2, -0.15) is 0 Å². The number of rotatable bonds is 5. The van der Waals surface area contributed by atoms with Crippen LogP contribution in [0.25, 0.3) is 0 Å². The third-order valence-electron chi connectivity index (χ3n) is 2.83. The van der Waals surface area contributed by atoms with E-state index in [1.807, 2.05) is 30.3 Å². The minimum absolute atomic E-state index is 0.0884. The van der Waals surface area contributed by atoms with Crippen LogP contribution in [-0.2, 0) is 13.2 Å². The highest BCUT2D eigenvalue weighted by molar-refractivity contribution is 5.23. The number of hydrogen-bond donors (Lipinski definition) is 2. The van der Waals surface area contributed by atoms with Crippen LogP contribution in [0.15, 0.2) is 47.3 Å². The predicted molar refractivity (Wildman–Crippen MR) is 66.3 cm³/mol. The van der Waals surface area contributed by atoms with Crippen molar-refractivity contribution in [1.82, 2.24) is 5.32 Å². The quantitative estimate of drug-likeness (QED) is 0.831. The van der Waals surface area contributed by atoms with Gasteiger partial charge in [0.1, 0.15) is 0 Å². The Labute approximate surface area is 101 Å². The molecular formula is C14H17NO2. The average Bonchev–Trinajstić information content (AvgIpc) is 2.90. The molecule has 2 N–H and O–H groups in total. The second kappa shape index (κ2) is 5.66. The monoisotopic (exact) mass is 231 g/mol. The van der Waals surface area contributed by atoms with Gasteiger partial charge in [0, 0.05) is 18.2 Å². The summed E-state index contributed by atoms with van der Waals surface area (Å²) in [4.78, 5) is 0. The summed E-state index contributed by atoms with van der Waals surface area (Å²) in [6, 6.07) is 10.2. The fourth-order valence-electron chi connectivity index (χ4n) is 1.75. The molecule has 0 fully saturated rings. The summed E-state index contributed by atoms with van der Waals surface area (Å²) in [5.74, 6) is 0. The lowest BCUT2D eigenvalue weighted by atomic mass is 10.1. The SMILES string of the molecule is CC(NCc1cccc(CO)c1)c1ccoc1. The van der Waals surface area contributed by atoms with Crippen molar-refractivity contribution in [3.63, 3.8) is 0 Å². The molecule has 2 rings (SSSR count). The average molecular weight is 231 g/mol. The van der Waals surface area contributed by atoms with Gasteiger partial charge in [0.05, 0.1) is 19.1 Å². The molecule has 0 aliphatic rings. The van der Waals surface area contributed by atoms with Gasteiger partial charge in [-0.25, -0.2) is 0 Å². The molecule has 1 heterocycles. The van der Waals surface area contributed by atoms with E-state index in [4.69, 9.17) is 9.52 Å². The van der Waals surface area contributed by atoms with E-state index in [-0.39, 0.29) is 12.6 Å². The van der Waals surface area contributed by atoms with Crippen LogP contribution in [0, 0.1) is 0 Å². The molecule has 0 saturated heterocycles. The zero-order chi connectivity index (χ0) is 12.1. The Morgan fingerprint density at radius 2 is 2.12 bits per heavy atom. The topological polar surface area (TPSA) is 45.4 Å². The molecule has 0 amide bonds. The van der Waals surface area contributed by atoms with Gasteiger partial charge in [0.2, 0.25) is 0 Å². The number of hydrogen-bond acceptors (Lipinski definition) is 3. The Morgan fingerprint density at radius 1 is 1.29 bits per heavy atom. The normalized spacial score (nSPS) is 12.6. The molecule has 2 aromatic rings. The molecule has 0 saturated carbocycles. The fourth-order valence-corrected chi connectivity index (χ4v) is 1.75. The summed E-state index contributed by atoms with van der Waals surface area (Å²) in [7, 11) is 0. The number of furan rings is 1. The molecule has 0 radical (unpaired) electrons. The second-order valence-corrected chi connectivity index (χ2v) is 4.14. The van der Waals surface area contributed by atoms with E-state index in [1.54, 1.807) is 12.5 Å². The zero-order valence-electron chi connectivity index (χ0n) is 9.89. The second-order valence-electron chi connectivity index (χ2n) is 4.14. The van der Waals surface area contributed by atoms with Crippen molar-refractivity contribution in [2.75, 3.05) is 0 Å². The number of benzene rings is 1. The van der Waals surface area contributed by atoms with E-state index in [1.165, 1.54) is 5.56 Å². The van der Waals surface area contributed by atoms with E-state index in [0.29, 0.717) is 0 Å². The maximum absolute atomic E-state index is 9.06. The van der Waals surface area contributed by atoms with Gasteiger partial charge in [0.25, 0.3) is 0 Å². The van der Waals surface area contributed by atoms with Crippen LogP contribution in [-0.4, -0.2) is 5.11 Å². The first-order valence-corrected chi connectivity index (χ1v) is 5.74. The molecule has 17 heavy (non-hydrogen) atoms. The minimum Gasteiger partial charge on any atom is -0.472 e. The van der Waals surface area contributed by atoms with E-state index >= 15 is 0 Å². The third-order valence-corrected chi connectivity index (χ3v) is 2.83. The van der Waals surface area contributed by atoms with E-state index in [9.17, 15) is 0 Å². The largest absolute Gasteiger partial charge is 0.472 e. The lowest BCUT2D eigenvalue weighted by Gasteiger charge is -2.12. The third kappa shape index (κ3) is 3.19. The fraction of sp³-hybridized carbons (Fsp3) is 0.286. The summed E-state index contributed by atoms with van der Waals surface area (Å²) in [5, 5.41) is 12.5. The van der Waals surface area contributed by atoms with Crippen LogP contribution in [0.5, 0.6) is 0 Å². The highest BCUT2D eigenvalue weighted by Gasteiger charge is 2.05. The smallest absolute Gasteiger partial charge is 0.0950 e. The van der Waals surface area contributed by atoms with Gasteiger partial charge < -0.3 is 14.8 Å². The van der Waals surface area contributed by atoms with Crippen molar-refractivity contribution in [2.24, 2.45) is 0 Å². The molecule has 1 aromatic carbocycles. The molecule has 0 aliphatic carbocycles. The molecule has 0 bridgehead atoms. The van der Waals surface area contributed by atoms with E-state index in [0.717, 1.165) is 17.7 Å². The van der Waals surface area contributed by atoms with Crippen molar-refractivity contribution in [1.29, 1.82) is 0 Å². The van der Waals surface area contributed by atoms with Crippen LogP contribution in [0.3, 0.4) is 0 Å². The van der Waals surface area contributed by atoms with Crippen molar-refractivity contribution < 1.29 is 9.52 Å². The molecule has 1 atom stereocenters. The first kappa shape index (κ1) is 11.9. The highest BCUT2D eigenvalue weighted by Crippen LogP contribution is 2.13. The van der Waals surface area contributed by atoms with Gasteiger partial charge in [-0.1, -0.05) is 24.3 Å². The number of nitrogens with one attached hydrogen (secondary N) is 1. The van der Waals surface area contributed by atoms with E-state index in [2.05, 4.69) is 12.2 Å². The first-order valence-electron chi connectivity index (χ1n) is 5.74. The standard InChI is InChI=1S/C14H17NO2/c1-11(14-5-6-17-10-14)15-8-12-3-2-4-13(7-12)9-16/h2-7,10-11,15-16H,8-9H2,1H3. The van der Waals surface area contributed by atoms with Crippen LogP contribution < -0.4 is 5.32 Å². The Kier molecular flexibility index (Phi) is 3.96. The molecular weight excluding hydrogens is 214 g/mol. The Balaban J connectivity index is 1.93. The molecule has 3 heteroatoms. The minimum atomic E-state index is 0.0884. The molecule has 0 aliphatic heterocycles. The Morgan fingerprint density at radius 3 is 2.82 bits per heavy atom. The van der Waals surface area contributed by atoms with Crippen molar-refractivity contribution in [3.8, 4) is 0 Å². The van der Waals surface area contributed by atoms with E-state index < -0.39 is 0 Å². The lowest BCUT2D eigenvalue weighted by molar-refractivity contribution is 0.281. The first-order chi connectivity index (χ1) is 8.29. The molecule has 90 valence electrons. The lowest BCUT2D eigenvalue weighted by Crippen LogP contribution is -2.17. The van der Waals surface area contributed by atoms with Gasteiger partial charge in [-0.15, -0.1) is 0 Å². The van der Waals surface area contributed by atoms with Crippen LogP contribution in [0.1, 0.15) is 29.7 Å². The Hall–Kier alpha value is -1.58. The highest BCUT2D eigenvalue weighted by atomic mass is 16.3. The van der Waals surface area contributed by atoms with Gasteiger partial charge in [-0.05, 0) is 24.1 Å². The summed E-state index contributed by atoms with van der Waals surface area (Å²) in [6.45, 7) is 2.96. The van der Waals surface area contributed by atoms with Crippen molar-refractivity contribution in [3.05, 3.63) is 59.5 Å². The maximum Gasteiger partial charge on any atom is 0.0950 e. The van der Waals surface area contributed by atoms with Gasteiger partial charge in [-0.3, -0.25) is 0 Å². The van der Waals surface area contributed by atoms with Gasteiger partial charge >= 0.3 is 0 Å². The van der Waals surface area contributed by atoms with Crippen molar-refractivity contribution >= 4 is 0 Å². The summed E-state index contributed by atoms with van der Waals surface area (Å²) in [5.41, 5.74) is 3.26.